The number of rotatable bonds is 8. The summed E-state index contributed by atoms with van der Waals surface area (Å²) >= 11 is 0. The summed E-state index contributed by atoms with van der Waals surface area (Å²) in [7, 11) is 0. The quantitative estimate of drug-likeness (QED) is 0.649. The van der Waals surface area contributed by atoms with Crippen molar-refractivity contribution >= 4 is 0 Å². The number of hydrogen-bond acceptors (Lipinski definition) is 4. The minimum Gasteiger partial charge on any atom is -0.374 e. The van der Waals surface area contributed by atoms with Crippen LogP contribution >= 0.6 is 0 Å². The van der Waals surface area contributed by atoms with E-state index >= 15 is 0 Å². The molecule has 0 aromatic rings. The van der Waals surface area contributed by atoms with Gasteiger partial charge in [0.1, 0.15) is 0 Å². The van der Waals surface area contributed by atoms with Crippen LogP contribution in [0.25, 0.3) is 0 Å². The molecule has 1 saturated heterocycles. The maximum atomic E-state index is 5.79. The first kappa shape index (κ1) is 14.3. The summed E-state index contributed by atoms with van der Waals surface area (Å²) in [6.45, 7) is 13.2. The van der Waals surface area contributed by atoms with Gasteiger partial charge in [-0.2, -0.15) is 0 Å². The van der Waals surface area contributed by atoms with Crippen molar-refractivity contribution in [3.63, 3.8) is 0 Å². The molecule has 0 radical (unpaired) electrons. The molecule has 1 heterocycles. The summed E-state index contributed by atoms with van der Waals surface area (Å²) in [5.74, 6) is 0. The monoisotopic (exact) mass is 255 g/mol. The Labute approximate surface area is 112 Å². The van der Waals surface area contributed by atoms with Gasteiger partial charge in [-0.3, -0.25) is 9.80 Å². The second-order valence-electron chi connectivity index (χ2n) is 5.45. The molecule has 0 bridgehead atoms. The Kier molecular flexibility index (Phi) is 5.89. The molecule has 1 N–H and O–H groups in total. The van der Waals surface area contributed by atoms with Crippen LogP contribution in [-0.4, -0.2) is 74.4 Å². The van der Waals surface area contributed by atoms with Gasteiger partial charge in [-0.25, -0.2) is 0 Å². The Balaban J connectivity index is 1.54. The van der Waals surface area contributed by atoms with Crippen LogP contribution in [0.4, 0.5) is 0 Å². The first-order valence-electron chi connectivity index (χ1n) is 7.62. The Hall–Kier alpha value is -0.160. The third-order valence-corrected chi connectivity index (χ3v) is 4.09. The van der Waals surface area contributed by atoms with Crippen molar-refractivity contribution in [2.24, 2.45) is 0 Å². The highest BCUT2D eigenvalue weighted by atomic mass is 16.5. The Morgan fingerprint density at radius 3 is 2.83 bits per heavy atom. The predicted molar refractivity (Wildman–Crippen MR) is 75.0 cm³/mol. The normalized spacial score (nSPS) is 25.8. The first-order chi connectivity index (χ1) is 8.83. The van der Waals surface area contributed by atoms with Crippen molar-refractivity contribution in [3.05, 3.63) is 0 Å². The van der Waals surface area contributed by atoms with Gasteiger partial charge in [0.2, 0.25) is 0 Å². The van der Waals surface area contributed by atoms with E-state index < -0.39 is 0 Å². The summed E-state index contributed by atoms with van der Waals surface area (Å²) in [5, 5.41) is 3.55. The summed E-state index contributed by atoms with van der Waals surface area (Å²) in [4.78, 5) is 5.06. The van der Waals surface area contributed by atoms with E-state index in [0.717, 1.165) is 45.4 Å². The molecule has 0 aromatic heterocycles. The summed E-state index contributed by atoms with van der Waals surface area (Å²) in [5.41, 5.74) is 0. The minimum absolute atomic E-state index is 0.384. The zero-order chi connectivity index (χ0) is 12.8. The van der Waals surface area contributed by atoms with Crippen molar-refractivity contribution < 1.29 is 4.74 Å². The molecule has 1 unspecified atom stereocenters. The lowest BCUT2D eigenvalue weighted by Crippen LogP contribution is -2.47. The maximum absolute atomic E-state index is 5.79. The van der Waals surface area contributed by atoms with Crippen LogP contribution in [0.3, 0.4) is 0 Å². The molecule has 1 aliphatic carbocycles. The van der Waals surface area contributed by atoms with Crippen molar-refractivity contribution in [1.29, 1.82) is 0 Å². The molecule has 106 valence electrons. The maximum Gasteiger partial charge on any atom is 0.0826 e. The third kappa shape index (κ3) is 4.50. The van der Waals surface area contributed by atoms with Crippen LogP contribution in [0.1, 0.15) is 26.7 Å². The smallest absolute Gasteiger partial charge is 0.0826 e. The SMILES string of the molecule is CCN1CCOC(CNCCN(CC)C2CC2)C1. The number of nitrogens with one attached hydrogen (secondary N) is 1. The molecule has 1 atom stereocenters. The van der Waals surface area contributed by atoms with Crippen molar-refractivity contribution in [1.82, 2.24) is 15.1 Å². The number of morpholine rings is 1. The standard InChI is InChI=1S/C14H29N3O/c1-3-16-9-10-18-14(12-16)11-15-7-8-17(4-2)13-5-6-13/h13-15H,3-12H2,1-2H3. The van der Waals surface area contributed by atoms with Crippen molar-refractivity contribution in [3.8, 4) is 0 Å². The zero-order valence-electron chi connectivity index (χ0n) is 12.0. The van der Waals surface area contributed by atoms with E-state index in [9.17, 15) is 0 Å². The van der Waals surface area contributed by atoms with Gasteiger partial charge in [0.05, 0.1) is 12.7 Å². The largest absolute Gasteiger partial charge is 0.374 e. The first-order valence-corrected chi connectivity index (χ1v) is 7.62. The molecule has 2 aliphatic rings. The molecular formula is C14H29N3O. The summed E-state index contributed by atoms with van der Waals surface area (Å²) in [6, 6.07) is 0.887. The molecule has 1 saturated carbocycles. The molecule has 4 heteroatoms. The minimum atomic E-state index is 0.384. The average Bonchev–Trinajstić information content (AvgIpc) is 3.23. The molecular weight excluding hydrogens is 226 g/mol. The van der Waals surface area contributed by atoms with E-state index in [2.05, 4.69) is 29.0 Å². The lowest BCUT2D eigenvalue weighted by molar-refractivity contribution is -0.0253. The molecule has 0 aromatic carbocycles. The second kappa shape index (κ2) is 7.43. The molecule has 0 spiro atoms. The van der Waals surface area contributed by atoms with E-state index in [-0.39, 0.29) is 0 Å². The Bertz CT molecular complexity index is 233. The molecule has 2 fully saturated rings. The van der Waals surface area contributed by atoms with Crippen molar-refractivity contribution in [2.75, 3.05) is 52.4 Å². The van der Waals surface area contributed by atoms with Gasteiger partial charge < -0.3 is 10.1 Å². The molecule has 0 amide bonds. The van der Waals surface area contributed by atoms with Gasteiger partial charge in [0, 0.05) is 38.8 Å². The average molecular weight is 255 g/mol. The van der Waals surface area contributed by atoms with Crippen molar-refractivity contribution in [2.45, 2.75) is 38.8 Å². The van der Waals surface area contributed by atoms with Gasteiger partial charge in [0.15, 0.2) is 0 Å². The number of hydrogen-bond donors (Lipinski definition) is 1. The summed E-state index contributed by atoms with van der Waals surface area (Å²) < 4.78 is 5.79. The zero-order valence-corrected chi connectivity index (χ0v) is 12.0. The Morgan fingerprint density at radius 1 is 1.33 bits per heavy atom. The molecule has 4 nitrogen and oxygen atoms in total. The highest BCUT2D eigenvalue weighted by molar-refractivity contribution is 4.84. The van der Waals surface area contributed by atoms with Crippen LogP contribution in [0.15, 0.2) is 0 Å². The predicted octanol–water partition coefficient (Wildman–Crippen LogP) is 0.781. The third-order valence-electron chi connectivity index (χ3n) is 4.09. The van der Waals surface area contributed by atoms with Crippen LogP contribution < -0.4 is 5.32 Å². The highest BCUT2D eigenvalue weighted by Crippen LogP contribution is 2.25. The number of ether oxygens (including phenoxy) is 1. The number of nitrogens with zero attached hydrogens (tertiary/aromatic N) is 2. The van der Waals surface area contributed by atoms with E-state index in [1.54, 1.807) is 0 Å². The van der Waals surface area contributed by atoms with Crippen LogP contribution in [0.2, 0.25) is 0 Å². The van der Waals surface area contributed by atoms with E-state index in [1.807, 2.05) is 0 Å². The topological polar surface area (TPSA) is 27.7 Å². The fourth-order valence-electron chi connectivity index (χ4n) is 2.72. The lowest BCUT2D eigenvalue weighted by Gasteiger charge is -2.32. The van der Waals surface area contributed by atoms with E-state index in [4.69, 9.17) is 4.74 Å². The van der Waals surface area contributed by atoms with Gasteiger partial charge in [-0.15, -0.1) is 0 Å². The van der Waals surface area contributed by atoms with Gasteiger partial charge >= 0.3 is 0 Å². The summed E-state index contributed by atoms with van der Waals surface area (Å²) in [6.07, 6.45) is 3.20. The van der Waals surface area contributed by atoms with Gasteiger partial charge in [-0.1, -0.05) is 13.8 Å². The Morgan fingerprint density at radius 2 is 2.17 bits per heavy atom. The van der Waals surface area contributed by atoms with Crippen LogP contribution in [-0.2, 0) is 4.74 Å². The van der Waals surface area contributed by atoms with E-state index in [0.29, 0.717) is 6.10 Å². The van der Waals surface area contributed by atoms with E-state index in [1.165, 1.54) is 25.9 Å². The van der Waals surface area contributed by atoms with Gasteiger partial charge in [0.25, 0.3) is 0 Å². The number of likely N-dealkylation sites (N-methyl/N-ethyl adjacent to an activating group) is 2. The molecule has 1 aliphatic heterocycles. The lowest BCUT2D eigenvalue weighted by atomic mass is 10.2. The fraction of sp³-hybridized carbons (Fsp3) is 1.00. The fourth-order valence-corrected chi connectivity index (χ4v) is 2.72. The van der Waals surface area contributed by atoms with Gasteiger partial charge in [-0.05, 0) is 25.9 Å². The molecule has 2 rings (SSSR count). The molecule has 18 heavy (non-hydrogen) atoms. The second-order valence-corrected chi connectivity index (χ2v) is 5.45. The van der Waals surface area contributed by atoms with Crippen LogP contribution in [0, 0.1) is 0 Å². The van der Waals surface area contributed by atoms with Crippen LogP contribution in [0.5, 0.6) is 0 Å². The highest BCUT2D eigenvalue weighted by Gasteiger charge is 2.27.